The van der Waals surface area contributed by atoms with E-state index in [4.69, 9.17) is 0 Å². The van der Waals surface area contributed by atoms with Gasteiger partial charge >= 0.3 is 0 Å². The summed E-state index contributed by atoms with van der Waals surface area (Å²) in [4.78, 5) is 8.93. The molecule has 2 aliphatic carbocycles. The van der Waals surface area contributed by atoms with Crippen LogP contribution in [0.15, 0.2) is 6.20 Å². The molecule has 0 unspecified atom stereocenters. The zero-order valence-corrected chi connectivity index (χ0v) is 10.4. The van der Waals surface area contributed by atoms with Gasteiger partial charge in [0.2, 0.25) is 5.95 Å². The Kier molecular flexibility index (Phi) is 2.87. The van der Waals surface area contributed by atoms with Crippen molar-refractivity contribution in [1.82, 2.24) is 9.97 Å². The van der Waals surface area contributed by atoms with E-state index in [1.807, 2.05) is 6.20 Å². The van der Waals surface area contributed by atoms with Crippen molar-refractivity contribution in [2.45, 2.75) is 57.5 Å². The lowest BCUT2D eigenvalue weighted by Gasteiger charge is -2.29. The maximum absolute atomic E-state index is 4.58. The van der Waals surface area contributed by atoms with Crippen molar-refractivity contribution < 1.29 is 0 Å². The smallest absolute Gasteiger partial charge is 0.224 e. The third kappa shape index (κ3) is 2.35. The minimum Gasteiger partial charge on any atom is -0.367 e. The molecular weight excluding hydrogens is 212 g/mol. The van der Waals surface area contributed by atoms with Crippen LogP contribution in [-0.2, 0) is 0 Å². The Balaban J connectivity index is 1.69. The van der Waals surface area contributed by atoms with Gasteiger partial charge in [0.1, 0.15) is 5.82 Å². The van der Waals surface area contributed by atoms with E-state index in [0.717, 1.165) is 17.3 Å². The van der Waals surface area contributed by atoms with Gasteiger partial charge < -0.3 is 10.6 Å². The van der Waals surface area contributed by atoms with Crippen LogP contribution in [0.4, 0.5) is 11.8 Å². The molecule has 4 nitrogen and oxygen atoms in total. The molecule has 0 aromatic carbocycles. The van der Waals surface area contributed by atoms with E-state index in [0.29, 0.717) is 12.1 Å². The van der Waals surface area contributed by atoms with Crippen LogP contribution in [0.1, 0.15) is 44.1 Å². The van der Waals surface area contributed by atoms with Crippen molar-refractivity contribution in [2.75, 3.05) is 10.6 Å². The van der Waals surface area contributed by atoms with Crippen LogP contribution >= 0.6 is 0 Å². The van der Waals surface area contributed by atoms with Crippen molar-refractivity contribution >= 4 is 11.8 Å². The second-order valence-electron chi connectivity index (χ2n) is 5.27. The summed E-state index contributed by atoms with van der Waals surface area (Å²) in [6, 6.07) is 1.22. The summed E-state index contributed by atoms with van der Waals surface area (Å²) in [7, 11) is 0. The minimum atomic E-state index is 0.592. The Bertz CT molecular complexity index is 396. The molecule has 0 spiro atoms. The standard InChI is InChI=1S/C13H20N4/c1-9-8-14-13(16-11-6-3-7-11)17-12(9)15-10-4-2-5-10/h8,10-11H,2-7H2,1H3,(H2,14,15,16,17). The fourth-order valence-electron chi connectivity index (χ4n) is 2.14. The first-order valence-corrected chi connectivity index (χ1v) is 6.68. The second kappa shape index (κ2) is 4.51. The van der Waals surface area contributed by atoms with Gasteiger partial charge in [0, 0.05) is 23.8 Å². The van der Waals surface area contributed by atoms with E-state index in [1.165, 1.54) is 38.5 Å². The van der Waals surface area contributed by atoms with E-state index < -0.39 is 0 Å². The summed E-state index contributed by atoms with van der Waals surface area (Å²) in [6.45, 7) is 2.06. The van der Waals surface area contributed by atoms with Gasteiger partial charge in [-0.05, 0) is 45.4 Å². The van der Waals surface area contributed by atoms with E-state index in [2.05, 4.69) is 27.5 Å². The second-order valence-corrected chi connectivity index (χ2v) is 5.27. The Hall–Kier alpha value is -1.32. The molecule has 3 rings (SSSR count). The van der Waals surface area contributed by atoms with Gasteiger partial charge in [0.15, 0.2) is 0 Å². The highest BCUT2D eigenvalue weighted by molar-refractivity contribution is 5.47. The van der Waals surface area contributed by atoms with Gasteiger partial charge in [-0.2, -0.15) is 4.98 Å². The molecule has 17 heavy (non-hydrogen) atoms. The van der Waals surface area contributed by atoms with E-state index in [9.17, 15) is 0 Å². The van der Waals surface area contributed by atoms with Crippen LogP contribution in [0.3, 0.4) is 0 Å². The van der Waals surface area contributed by atoms with Crippen molar-refractivity contribution in [3.05, 3.63) is 11.8 Å². The average Bonchev–Trinajstić information content (AvgIpc) is 2.21. The molecule has 0 radical (unpaired) electrons. The minimum absolute atomic E-state index is 0.592. The molecule has 1 aromatic heterocycles. The van der Waals surface area contributed by atoms with Crippen molar-refractivity contribution in [2.24, 2.45) is 0 Å². The normalized spacial score (nSPS) is 20.5. The number of rotatable bonds is 4. The molecule has 0 amide bonds. The third-order valence-electron chi connectivity index (χ3n) is 3.86. The highest BCUT2D eigenvalue weighted by atomic mass is 15.2. The quantitative estimate of drug-likeness (QED) is 0.838. The number of nitrogens with zero attached hydrogens (tertiary/aromatic N) is 2. The van der Waals surface area contributed by atoms with Gasteiger partial charge in [-0.1, -0.05) is 0 Å². The first-order valence-electron chi connectivity index (χ1n) is 6.68. The SMILES string of the molecule is Cc1cnc(NC2CCC2)nc1NC1CCC1. The number of hydrogen-bond donors (Lipinski definition) is 2. The molecule has 2 saturated carbocycles. The van der Waals surface area contributed by atoms with E-state index in [-0.39, 0.29) is 0 Å². The van der Waals surface area contributed by atoms with Crippen molar-refractivity contribution in [3.63, 3.8) is 0 Å². The Morgan fingerprint density at radius 2 is 1.71 bits per heavy atom. The summed E-state index contributed by atoms with van der Waals surface area (Å²) in [6.07, 6.45) is 9.63. The van der Waals surface area contributed by atoms with Gasteiger partial charge in [-0.3, -0.25) is 0 Å². The average molecular weight is 232 g/mol. The summed E-state index contributed by atoms with van der Waals surface area (Å²) in [5.41, 5.74) is 1.14. The lowest BCUT2D eigenvalue weighted by Crippen LogP contribution is -2.30. The molecule has 2 fully saturated rings. The molecule has 2 aliphatic rings. The topological polar surface area (TPSA) is 49.8 Å². The molecule has 92 valence electrons. The first kappa shape index (κ1) is 10.8. The lowest BCUT2D eigenvalue weighted by molar-refractivity contribution is 0.441. The summed E-state index contributed by atoms with van der Waals surface area (Å²) >= 11 is 0. The van der Waals surface area contributed by atoms with Crippen LogP contribution < -0.4 is 10.6 Å². The van der Waals surface area contributed by atoms with Crippen LogP contribution in [-0.4, -0.2) is 22.1 Å². The molecule has 0 bridgehead atoms. The maximum atomic E-state index is 4.58. The van der Waals surface area contributed by atoms with Gasteiger partial charge in [-0.15, -0.1) is 0 Å². The van der Waals surface area contributed by atoms with E-state index >= 15 is 0 Å². The van der Waals surface area contributed by atoms with Gasteiger partial charge in [-0.25, -0.2) is 4.98 Å². The number of aromatic nitrogens is 2. The number of anilines is 2. The fourth-order valence-corrected chi connectivity index (χ4v) is 2.14. The Labute approximate surface area is 102 Å². The van der Waals surface area contributed by atoms with Crippen LogP contribution in [0, 0.1) is 6.92 Å². The largest absolute Gasteiger partial charge is 0.367 e. The lowest BCUT2D eigenvalue weighted by atomic mass is 9.93. The van der Waals surface area contributed by atoms with Crippen LogP contribution in [0.25, 0.3) is 0 Å². The maximum Gasteiger partial charge on any atom is 0.224 e. The van der Waals surface area contributed by atoms with Crippen molar-refractivity contribution in [1.29, 1.82) is 0 Å². The number of nitrogens with one attached hydrogen (secondary N) is 2. The van der Waals surface area contributed by atoms with E-state index in [1.54, 1.807) is 0 Å². The molecule has 0 aliphatic heterocycles. The fraction of sp³-hybridized carbons (Fsp3) is 0.692. The van der Waals surface area contributed by atoms with Crippen LogP contribution in [0.2, 0.25) is 0 Å². The predicted molar refractivity (Wildman–Crippen MR) is 69.3 cm³/mol. The highest BCUT2D eigenvalue weighted by Crippen LogP contribution is 2.25. The molecule has 0 atom stereocenters. The monoisotopic (exact) mass is 232 g/mol. The first-order chi connectivity index (χ1) is 8.31. The van der Waals surface area contributed by atoms with Gasteiger partial charge in [0.25, 0.3) is 0 Å². The predicted octanol–water partition coefficient (Wildman–Crippen LogP) is 2.71. The molecule has 0 saturated heterocycles. The third-order valence-corrected chi connectivity index (χ3v) is 3.86. The zero-order chi connectivity index (χ0) is 11.7. The summed E-state index contributed by atoms with van der Waals surface area (Å²) < 4.78 is 0. The molecule has 2 N–H and O–H groups in total. The number of aryl methyl sites for hydroxylation is 1. The molecule has 4 heteroatoms. The van der Waals surface area contributed by atoms with Gasteiger partial charge in [0.05, 0.1) is 0 Å². The van der Waals surface area contributed by atoms with Crippen LogP contribution in [0.5, 0.6) is 0 Å². The number of hydrogen-bond acceptors (Lipinski definition) is 4. The molecule has 1 heterocycles. The molecular formula is C13H20N4. The Morgan fingerprint density at radius 3 is 2.29 bits per heavy atom. The zero-order valence-electron chi connectivity index (χ0n) is 10.4. The summed E-state index contributed by atoms with van der Waals surface area (Å²) in [5.74, 6) is 1.79. The summed E-state index contributed by atoms with van der Waals surface area (Å²) in [5, 5.41) is 6.90. The van der Waals surface area contributed by atoms with Crippen molar-refractivity contribution in [3.8, 4) is 0 Å². The Morgan fingerprint density at radius 1 is 1.06 bits per heavy atom. The molecule has 1 aromatic rings. The highest BCUT2D eigenvalue weighted by Gasteiger charge is 2.20.